The molecular weight excluding hydrogens is 448 g/mol. The maximum absolute atomic E-state index is 12.8. The van der Waals surface area contributed by atoms with E-state index in [1.54, 1.807) is 73.4 Å². The number of amides is 2. The summed E-state index contributed by atoms with van der Waals surface area (Å²) in [5.74, 6) is 1.35. The number of aromatic nitrogens is 2. The van der Waals surface area contributed by atoms with Crippen molar-refractivity contribution in [2.45, 2.75) is 32.3 Å². The molecule has 1 fully saturated rings. The van der Waals surface area contributed by atoms with E-state index in [1.807, 2.05) is 4.90 Å². The summed E-state index contributed by atoms with van der Waals surface area (Å²) in [5, 5.41) is 16.3. The highest BCUT2D eigenvalue weighted by Crippen LogP contribution is 2.29. The van der Waals surface area contributed by atoms with E-state index in [2.05, 4.69) is 10.4 Å². The number of likely N-dealkylation sites (tertiary alicyclic amines) is 1. The van der Waals surface area contributed by atoms with E-state index in [0.29, 0.717) is 34.2 Å². The number of anilines is 1. The number of ether oxygens (including phenoxy) is 2. The molecule has 2 heterocycles. The fourth-order valence-corrected chi connectivity index (χ4v) is 3.85. The van der Waals surface area contributed by atoms with E-state index in [-0.39, 0.29) is 18.4 Å². The molecule has 35 heavy (non-hydrogen) atoms. The Labute approximate surface area is 204 Å². The smallest absolute Gasteiger partial charge is 0.257 e. The second-order valence-corrected chi connectivity index (χ2v) is 8.61. The fourth-order valence-electron chi connectivity index (χ4n) is 3.85. The van der Waals surface area contributed by atoms with E-state index < -0.39 is 6.10 Å². The van der Waals surface area contributed by atoms with Crippen molar-refractivity contribution in [1.29, 1.82) is 0 Å². The molecule has 2 N–H and O–H groups in total. The summed E-state index contributed by atoms with van der Waals surface area (Å²) in [6.07, 6.45) is 4.51. The number of aliphatic hydroxyl groups is 1. The summed E-state index contributed by atoms with van der Waals surface area (Å²) >= 11 is 0. The van der Waals surface area contributed by atoms with Crippen molar-refractivity contribution in [2.75, 3.05) is 25.0 Å². The molecule has 1 atom stereocenters. The SMILES string of the molecule is CC(CO)Oc1cc(Oc2ccc(C(=O)N3CCCCC3)cc2)cc(C(=O)Nc2ccn(C)n2)c1. The molecule has 0 spiro atoms. The highest BCUT2D eigenvalue weighted by atomic mass is 16.5. The Morgan fingerprint density at radius 2 is 1.71 bits per heavy atom. The van der Waals surface area contributed by atoms with Crippen LogP contribution in [-0.2, 0) is 7.05 Å². The van der Waals surface area contributed by atoms with Gasteiger partial charge in [-0.15, -0.1) is 0 Å². The zero-order chi connectivity index (χ0) is 24.8. The van der Waals surface area contributed by atoms with Crippen LogP contribution in [0.3, 0.4) is 0 Å². The van der Waals surface area contributed by atoms with Crippen LogP contribution in [0.15, 0.2) is 54.7 Å². The number of carbonyl (C=O) groups is 2. The molecule has 0 radical (unpaired) electrons. The predicted octanol–water partition coefficient (Wildman–Crippen LogP) is 3.85. The third-order valence-electron chi connectivity index (χ3n) is 5.67. The van der Waals surface area contributed by atoms with Crippen LogP contribution in [0, 0.1) is 0 Å². The van der Waals surface area contributed by atoms with Gasteiger partial charge in [0.1, 0.15) is 23.4 Å². The zero-order valence-corrected chi connectivity index (χ0v) is 19.9. The molecule has 184 valence electrons. The Kier molecular flexibility index (Phi) is 7.67. The van der Waals surface area contributed by atoms with E-state index in [0.717, 1.165) is 32.4 Å². The van der Waals surface area contributed by atoms with Crippen LogP contribution in [0.2, 0.25) is 0 Å². The summed E-state index contributed by atoms with van der Waals surface area (Å²) < 4.78 is 13.3. The van der Waals surface area contributed by atoms with Crippen LogP contribution in [0.1, 0.15) is 46.9 Å². The number of carbonyl (C=O) groups excluding carboxylic acids is 2. The number of nitrogens with zero attached hydrogens (tertiary/aromatic N) is 3. The van der Waals surface area contributed by atoms with Crippen molar-refractivity contribution in [3.05, 3.63) is 65.9 Å². The third-order valence-corrected chi connectivity index (χ3v) is 5.67. The van der Waals surface area contributed by atoms with Crippen LogP contribution < -0.4 is 14.8 Å². The number of aryl methyl sites for hydroxylation is 1. The van der Waals surface area contributed by atoms with E-state index in [9.17, 15) is 14.7 Å². The standard InChI is InChI=1S/C26H30N4O5/c1-18(17-31)34-22-14-20(25(32)27-24-10-13-29(2)28-24)15-23(16-22)35-21-8-6-19(7-9-21)26(33)30-11-4-3-5-12-30/h6-10,13-16,18,31H,3-5,11-12,17H2,1-2H3,(H,27,28,32). The van der Waals surface area contributed by atoms with Gasteiger partial charge in [-0.3, -0.25) is 14.3 Å². The number of hydrogen-bond acceptors (Lipinski definition) is 6. The highest BCUT2D eigenvalue weighted by Gasteiger charge is 2.18. The van der Waals surface area contributed by atoms with Gasteiger partial charge in [-0.2, -0.15) is 5.10 Å². The minimum absolute atomic E-state index is 0.0260. The maximum atomic E-state index is 12.8. The van der Waals surface area contributed by atoms with Crippen LogP contribution >= 0.6 is 0 Å². The second kappa shape index (κ2) is 11.1. The molecule has 2 amide bonds. The van der Waals surface area contributed by atoms with E-state index >= 15 is 0 Å². The summed E-state index contributed by atoms with van der Waals surface area (Å²) in [4.78, 5) is 27.4. The molecule has 0 saturated carbocycles. The van der Waals surface area contributed by atoms with E-state index in [1.165, 1.54) is 0 Å². The number of nitrogens with one attached hydrogen (secondary N) is 1. The van der Waals surface area contributed by atoms with Crippen molar-refractivity contribution >= 4 is 17.6 Å². The summed E-state index contributed by atoms with van der Waals surface area (Å²) in [5.41, 5.74) is 0.925. The van der Waals surface area contributed by atoms with Gasteiger partial charge in [0.2, 0.25) is 0 Å². The first-order valence-electron chi connectivity index (χ1n) is 11.7. The number of benzene rings is 2. The maximum Gasteiger partial charge on any atom is 0.257 e. The van der Waals surface area contributed by atoms with Crippen LogP contribution in [-0.4, -0.2) is 57.4 Å². The van der Waals surface area contributed by atoms with Gasteiger partial charge in [0, 0.05) is 49.6 Å². The average Bonchev–Trinajstić information content (AvgIpc) is 3.28. The van der Waals surface area contributed by atoms with Crippen molar-refractivity contribution in [1.82, 2.24) is 14.7 Å². The van der Waals surface area contributed by atoms with Gasteiger partial charge in [-0.25, -0.2) is 0 Å². The number of rotatable bonds is 8. The largest absolute Gasteiger partial charge is 0.488 e. The lowest BCUT2D eigenvalue weighted by atomic mass is 10.1. The minimum atomic E-state index is -0.461. The number of aliphatic hydroxyl groups excluding tert-OH is 1. The Morgan fingerprint density at radius 1 is 1.00 bits per heavy atom. The molecule has 1 unspecified atom stereocenters. The summed E-state index contributed by atoms with van der Waals surface area (Å²) in [7, 11) is 1.76. The monoisotopic (exact) mass is 478 g/mol. The lowest BCUT2D eigenvalue weighted by Gasteiger charge is -2.26. The van der Waals surface area contributed by atoms with Crippen molar-refractivity contribution in [3.8, 4) is 17.2 Å². The number of hydrogen-bond donors (Lipinski definition) is 2. The second-order valence-electron chi connectivity index (χ2n) is 8.61. The van der Waals surface area contributed by atoms with Gasteiger partial charge < -0.3 is 24.8 Å². The molecule has 3 aromatic rings. The van der Waals surface area contributed by atoms with Gasteiger partial charge in [-0.1, -0.05) is 0 Å². The Bertz CT molecular complexity index is 1170. The molecule has 2 aromatic carbocycles. The molecule has 4 rings (SSSR count). The third kappa shape index (κ3) is 6.39. The lowest BCUT2D eigenvalue weighted by Crippen LogP contribution is -2.35. The van der Waals surface area contributed by atoms with Crippen molar-refractivity contribution < 1.29 is 24.2 Å². The fraction of sp³-hybridized carbons (Fsp3) is 0.346. The van der Waals surface area contributed by atoms with Gasteiger partial charge in [0.05, 0.1) is 6.61 Å². The highest BCUT2D eigenvalue weighted by molar-refractivity contribution is 6.04. The molecule has 9 nitrogen and oxygen atoms in total. The molecule has 1 aliphatic heterocycles. The Hall–Kier alpha value is -3.85. The topological polar surface area (TPSA) is 106 Å². The van der Waals surface area contributed by atoms with Gasteiger partial charge in [0.25, 0.3) is 11.8 Å². The Balaban J connectivity index is 1.52. The molecule has 0 bridgehead atoms. The first-order chi connectivity index (χ1) is 16.9. The van der Waals surface area contributed by atoms with Crippen LogP contribution in [0.4, 0.5) is 5.82 Å². The van der Waals surface area contributed by atoms with Crippen LogP contribution in [0.25, 0.3) is 0 Å². The Morgan fingerprint density at radius 3 is 2.37 bits per heavy atom. The lowest BCUT2D eigenvalue weighted by molar-refractivity contribution is 0.0724. The van der Waals surface area contributed by atoms with Crippen molar-refractivity contribution in [2.24, 2.45) is 7.05 Å². The predicted molar refractivity (Wildman–Crippen MR) is 131 cm³/mol. The molecule has 9 heteroatoms. The zero-order valence-electron chi connectivity index (χ0n) is 19.9. The normalized spacial score (nSPS) is 14.3. The van der Waals surface area contributed by atoms with Crippen molar-refractivity contribution in [3.63, 3.8) is 0 Å². The average molecular weight is 479 g/mol. The van der Waals surface area contributed by atoms with Gasteiger partial charge in [0.15, 0.2) is 5.82 Å². The van der Waals surface area contributed by atoms with E-state index in [4.69, 9.17) is 9.47 Å². The molecule has 1 aromatic heterocycles. The van der Waals surface area contributed by atoms with Gasteiger partial charge in [-0.05, 0) is 62.6 Å². The van der Waals surface area contributed by atoms with Crippen LogP contribution in [0.5, 0.6) is 17.2 Å². The summed E-state index contributed by atoms with van der Waals surface area (Å²) in [6.45, 7) is 3.13. The quantitative estimate of drug-likeness (QED) is 0.509. The molecule has 0 aliphatic carbocycles. The first-order valence-corrected chi connectivity index (χ1v) is 11.7. The summed E-state index contributed by atoms with van der Waals surface area (Å²) in [6, 6.07) is 13.5. The minimum Gasteiger partial charge on any atom is -0.488 e. The molecule has 1 saturated heterocycles. The first kappa shape index (κ1) is 24.3. The molecule has 1 aliphatic rings. The molecular formula is C26H30N4O5. The van der Waals surface area contributed by atoms with Gasteiger partial charge >= 0.3 is 0 Å². The number of piperidine rings is 1.